The second kappa shape index (κ2) is 5.54. The van der Waals surface area contributed by atoms with Crippen LogP contribution in [0.3, 0.4) is 0 Å². The molecule has 7 nitrogen and oxygen atoms in total. The lowest BCUT2D eigenvalue weighted by Crippen LogP contribution is -2.46. The van der Waals surface area contributed by atoms with Gasteiger partial charge in [-0.15, -0.1) is 11.3 Å². The summed E-state index contributed by atoms with van der Waals surface area (Å²) >= 11 is 1.43. The molecule has 1 fully saturated rings. The Hall–Kier alpha value is -1.67. The third kappa shape index (κ3) is 3.02. The average Bonchev–Trinajstić information content (AvgIpc) is 2.97. The van der Waals surface area contributed by atoms with E-state index in [-0.39, 0.29) is 13.0 Å². The highest BCUT2D eigenvalue weighted by atomic mass is 32.1. The van der Waals surface area contributed by atoms with Crippen LogP contribution in [-0.4, -0.2) is 62.7 Å². The van der Waals surface area contributed by atoms with Gasteiger partial charge in [0.25, 0.3) is 0 Å². The molecule has 1 saturated heterocycles. The summed E-state index contributed by atoms with van der Waals surface area (Å²) in [7, 11) is 1.59. The maximum absolute atomic E-state index is 12.2. The first-order valence-electron chi connectivity index (χ1n) is 5.78. The number of aliphatic hydroxyl groups excluding tert-OH is 1. The number of aliphatic hydroxyl groups is 1. The zero-order valence-electron chi connectivity index (χ0n) is 10.4. The second-order valence-corrected chi connectivity index (χ2v) is 5.23. The predicted molar refractivity (Wildman–Crippen MR) is 67.7 cm³/mol. The molecule has 0 aromatic carbocycles. The molecular formula is C11H15N3O4S. The van der Waals surface area contributed by atoms with Crippen LogP contribution in [0.5, 0.6) is 0 Å². The molecule has 0 radical (unpaired) electrons. The Morgan fingerprint density at radius 3 is 2.95 bits per heavy atom. The average molecular weight is 285 g/mol. The SMILES string of the molecule is CN(Cc1cscn1)C(=O)N1CC(O)C[C@H]1C(=O)O. The Balaban J connectivity index is 2.03. The number of aromatic nitrogens is 1. The summed E-state index contributed by atoms with van der Waals surface area (Å²) in [6.07, 6.45) is -0.705. The number of hydrogen-bond acceptors (Lipinski definition) is 5. The van der Waals surface area contributed by atoms with E-state index < -0.39 is 24.1 Å². The van der Waals surface area contributed by atoms with Crippen LogP contribution in [0.15, 0.2) is 10.9 Å². The van der Waals surface area contributed by atoms with Crippen LogP contribution in [0.2, 0.25) is 0 Å². The van der Waals surface area contributed by atoms with Crippen molar-refractivity contribution in [3.05, 3.63) is 16.6 Å². The number of rotatable bonds is 3. The smallest absolute Gasteiger partial charge is 0.326 e. The lowest BCUT2D eigenvalue weighted by Gasteiger charge is -2.27. The van der Waals surface area contributed by atoms with Crippen LogP contribution >= 0.6 is 11.3 Å². The number of β-amino-alcohol motifs (C(OH)–C–C–N with tert-alkyl or cyclic N) is 1. The molecule has 1 unspecified atom stereocenters. The minimum atomic E-state index is -1.09. The van der Waals surface area contributed by atoms with Crippen molar-refractivity contribution in [1.29, 1.82) is 0 Å². The first kappa shape index (κ1) is 13.8. The van der Waals surface area contributed by atoms with E-state index in [1.54, 1.807) is 12.6 Å². The third-order valence-corrected chi connectivity index (χ3v) is 3.65. The van der Waals surface area contributed by atoms with Gasteiger partial charge in [-0.05, 0) is 0 Å². The monoisotopic (exact) mass is 285 g/mol. The Labute approximate surface area is 114 Å². The Morgan fingerprint density at radius 2 is 2.37 bits per heavy atom. The Bertz CT molecular complexity index is 465. The van der Waals surface area contributed by atoms with Crippen molar-refractivity contribution >= 4 is 23.3 Å². The molecule has 1 aromatic rings. The van der Waals surface area contributed by atoms with Gasteiger partial charge in [-0.1, -0.05) is 0 Å². The number of aliphatic carboxylic acids is 1. The molecule has 2 N–H and O–H groups in total. The van der Waals surface area contributed by atoms with Gasteiger partial charge < -0.3 is 20.0 Å². The molecule has 0 spiro atoms. The lowest BCUT2D eigenvalue weighted by atomic mass is 10.2. The van der Waals surface area contributed by atoms with Gasteiger partial charge in [-0.2, -0.15) is 0 Å². The molecule has 2 heterocycles. The summed E-state index contributed by atoms with van der Waals surface area (Å²) < 4.78 is 0. The molecule has 1 aliphatic heterocycles. The molecule has 104 valence electrons. The van der Waals surface area contributed by atoms with E-state index in [0.29, 0.717) is 6.54 Å². The van der Waals surface area contributed by atoms with Crippen molar-refractivity contribution in [3.63, 3.8) is 0 Å². The fraction of sp³-hybridized carbons (Fsp3) is 0.545. The van der Waals surface area contributed by atoms with Crippen molar-refractivity contribution in [2.24, 2.45) is 0 Å². The van der Waals surface area contributed by atoms with Gasteiger partial charge in [0.2, 0.25) is 0 Å². The van der Waals surface area contributed by atoms with Gasteiger partial charge in [-0.25, -0.2) is 14.6 Å². The number of carboxylic acids is 1. The number of carbonyl (C=O) groups is 2. The van der Waals surface area contributed by atoms with Crippen molar-refractivity contribution < 1.29 is 19.8 Å². The third-order valence-electron chi connectivity index (χ3n) is 3.02. The van der Waals surface area contributed by atoms with Gasteiger partial charge in [0, 0.05) is 25.4 Å². The summed E-state index contributed by atoms with van der Waals surface area (Å²) in [5.41, 5.74) is 2.43. The molecule has 1 aromatic heterocycles. The number of nitrogens with zero attached hydrogens (tertiary/aromatic N) is 3. The van der Waals surface area contributed by atoms with Crippen LogP contribution in [0.4, 0.5) is 4.79 Å². The number of likely N-dealkylation sites (tertiary alicyclic amines) is 1. The molecule has 8 heteroatoms. The summed E-state index contributed by atoms with van der Waals surface area (Å²) in [5, 5.41) is 20.4. The molecular weight excluding hydrogens is 270 g/mol. The first-order chi connectivity index (χ1) is 8.99. The molecule has 19 heavy (non-hydrogen) atoms. The number of urea groups is 1. The topological polar surface area (TPSA) is 94.0 Å². The predicted octanol–water partition coefficient (Wildman–Crippen LogP) is 0.215. The molecule has 0 saturated carbocycles. The van der Waals surface area contributed by atoms with Gasteiger partial charge in [-0.3, -0.25) is 0 Å². The van der Waals surface area contributed by atoms with E-state index in [4.69, 9.17) is 5.11 Å². The van der Waals surface area contributed by atoms with Gasteiger partial charge in [0.05, 0.1) is 23.9 Å². The molecule has 0 bridgehead atoms. The number of carbonyl (C=O) groups excluding carboxylic acids is 1. The fourth-order valence-corrected chi connectivity index (χ4v) is 2.65. The molecule has 2 amide bonds. The van der Waals surface area contributed by atoms with Crippen molar-refractivity contribution in [1.82, 2.24) is 14.8 Å². The van der Waals surface area contributed by atoms with E-state index >= 15 is 0 Å². The quantitative estimate of drug-likeness (QED) is 0.828. The van der Waals surface area contributed by atoms with Crippen LogP contribution in [0.25, 0.3) is 0 Å². The summed E-state index contributed by atoms with van der Waals surface area (Å²) in [5.74, 6) is -1.09. The van der Waals surface area contributed by atoms with Crippen LogP contribution in [-0.2, 0) is 11.3 Å². The maximum atomic E-state index is 12.2. The van der Waals surface area contributed by atoms with Gasteiger partial charge >= 0.3 is 12.0 Å². The minimum absolute atomic E-state index is 0.0528. The number of amides is 2. The zero-order valence-corrected chi connectivity index (χ0v) is 11.2. The summed E-state index contributed by atoms with van der Waals surface area (Å²) in [6, 6.07) is -1.36. The van der Waals surface area contributed by atoms with E-state index in [9.17, 15) is 14.7 Å². The van der Waals surface area contributed by atoms with Crippen LogP contribution < -0.4 is 0 Å². The standard InChI is InChI=1S/C11H15N3O4S/c1-13(3-7-5-19-6-12-7)11(18)14-4-8(15)2-9(14)10(16)17/h5-6,8-9,15H,2-4H2,1H3,(H,16,17)/t8?,9-/m0/s1. The van der Waals surface area contributed by atoms with E-state index in [1.807, 2.05) is 5.38 Å². The second-order valence-electron chi connectivity index (χ2n) is 4.51. The lowest BCUT2D eigenvalue weighted by molar-refractivity contribution is -0.141. The molecule has 1 aliphatic rings. The normalized spacial score (nSPS) is 22.5. The fourth-order valence-electron chi connectivity index (χ4n) is 2.10. The van der Waals surface area contributed by atoms with E-state index in [2.05, 4.69) is 4.98 Å². The molecule has 0 aliphatic carbocycles. The van der Waals surface area contributed by atoms with Crippen molar-refractivity contribution in [2.45, 2.75) is 25.1 Å². The Morgan fingerprint density at radius 1 is 1.63 bits per heavy atom. The highest BCUT2D eigenvalue weighted by Gasteiger charge is 2.40. The first-order valence-corrected chi connectivity index (χ1v) is 6.73. The van der Waals surface area contributed by atoms with Crippen molar-refractivity contribution in [3.8, 4) is 0 Å². The number of thiazole rings is 1. The van der Waals surface area contributed by atoms with Crippen molar-refractivity contribution in [2.75, 3.05) is 13.6 Å². The zero-order chi connectivity index (χ0) is 14.0. The summed E-state index contributed by atoms with van der Waals surface area (Å²) in [4.78, 5) is 29.9. The van der Waals surface area contributed by atoms with Gasteiger partial charge in [0.1, 0.15) is 6.04 Å². The van der Waals surface area contributed by atoms with E-state index in [0.717, 1.165) is 5.69 Å². The summed E-state index contributed by atoms with van der Waals surface area (Å²) in [6.45, 7) is 0.373. The van der Waals surface area contributed by atoms with Gasteiger partial charge in [0.15, 0.2) is 0 Å². The van der Waals surface area contributed by atoms with Crippen LogP contribution in [0.1, 0.15) is 12.1 Å². The highest BCUT2D eigenvalue weighted by molar-refractivity contribution is 7.07. The molecule has 2 rings (SSSR count). The highest BCUT2D eigenvalue weighted by Crippen LogP contribution is 2.20. The maximum Gasteiger partial charge on any atom is 0.326 e. The molecule has 2 atom stereocenters. The van der Waals surface area contributed by atoms with Crippen LogP contribution in [0, 0.1) is 0 Å². The Kier molecular flexibility index (Phi) is 4.01. The van der Waals surface area contributed by atoms with E-state index in [1.165, 1.54) is 21.1 Å². The largest absolute Gasteiger partial charge is 0.480 e. The minimum Gasteiger partial charge on any atom is -0.480 e. The number of carboxylic acid groups (broad SMARTS) is 1. The number of hydrogen-bond donors (Lipinski definition) is 2.